The molecule has 24 heavy (non-hydrogen) atoms. The molecule has 2 heterocycles. The van der Waals surface area contributed by atoms with Crippen molar-refractivity contribution in [3.8, 4) is 0 Å². The summed E-state index contributed by atoms with van der Waals surface area (Å²) in [4.78, 5) is 19.0. The van der Waals surface area contributed by atoms with Crippen molar-refractivity contribution in [3.05, 3.63) is 70.6 Å². The second kappa shape index (κ2) is 5.87. The van der Waals surface area contributed by atoms with Gasteiger partial charge < -0.3 is 4.90 Å². The fraction of sp³-hybridized carbons (Fsp3) is 0.158. The Morgan fingerprint density at radius 2 is 2.00 bits per heavy atom. The molecule has 0 aliphatic carbocycles. The molecule has 0 saturated carbocycles. The number of rotatable bonds is 1. The Bertz CT molecular complexity index is 957. The van der Waals surface area contributed by atoms with E-state index in [0.717, 1.165) is 24.1 Å². The summed E-state index contributed by atoms with van der Waals surface area (Å²) < 4.78 is 13.3. The molecule has 0 fully saturated rings. The molecule has 0 saturated heterocycles. The predicted molar refractivity (Wildman–Crippen MR) is 93.2 cm³/mol. The number of amides is 1. The van der Waals surface area contributed by atoms with Crippen LogP contribution in [0.4, 0.5) is 10.1 Å². The molecule has 1 aliphatic heterocycles. The molecule has 0 N–H and O–H groups in total. The van der Waals surface area contributed by atoms with Crippen LogP contribution < -0.4 is 4.90 Å². The summed E-state index contributed by atoms with van der Waals surface area (Å²) in [5.74, 6) is -0.555. The molecule has 0 atom stereocenters. The average Bonchev–Trinajstić information content (AvgIpc) is 2.60. The van der Waals surface area contributed by atoms with E-state index in [4.69, 9.17) is 11.6 Å². The van der Waals surface area contributed by atoms with E-state index in [2.05, 4.69) is 4.98 Å². The number of aryl methyl sites for hydroxylation is 1. The molecule has 1 aromatic heterocycles. The molecule has 1 aliphatic rings. The van der Waals surface area contributed by atoms with Gasteiger partial charge in [-0.2, -0.15) is 0 Å². The molecule has 0 radical (unpaired) electrons. The van der Waals surface area contributed by atoms with Crippen molar-refractivity contribution in [2.75, 3.05) is 11.4 Å². The summed E-state index contributed by atoms with van der Waals surface area (Å²) in [5.41, 5.74) is 2.86. The van der Waals surface area contributed by atoms with E-state index in [1.807, 2.05) is 24.3 Å². The summed E-state index contributed by atoms with van der Waals surface area (Å²) >= 11 is 6.22. The molecule has 1 amide bonds. The van der Waals surface area contributed by atoms with E-state index in [1.54, 1.807) is 17.0 Å². The Kier molecular flexibility index (Phi) is 3.69. The van der Waals surface area contributed by atoms with Crippen LogP contribution in [-0.2, 0) is 6.42 Å². The Labute approximate surface area is 143 Å². The lowest BCUT2D eigenvalue weighted by Crippen LogP contribution is -2.35. The molecular weight excluding hydrogens is 327 g/mol. The number of aromatic nitrogens is 1. The van der Waals surface area contributed by atoms with Crippen LogP contribution in [0.15, 0.2) is 48.5 Å². The van der Waals surface area contributed by atoms with Gasteiger partial charge >= 0.3 is 0 Å². The lowest BCUT2D eigenvalue weighted by atomic mass is 10.0. The van der Waals surface area contributed by atoms with Crippen LogP contribution in [0.1, 0.15) is 22.3 Å². The minimum Gasteiger partial charge on any atom is -0.308 e. The van der Waals surface area contributed by atoms with E-state index in [1.165, 1.54) is 12.1 Å². The van der Waals surface area contributed by atoms with Gasteiger partial charge in [-0.05, 0) is 42.7 Å². The zero-order chi connectivity index (χ0) is 16.7. The third-order valence-electron chi connectivity index (χ3n) is 4.32. The Balaban J connectivity index is 1.79. The van der Waals surface area contributed by atoms with Crippen LogP contribution in [0, 0.1) is 5.82 Å². The number of halogens is 2. The number of pyridine rings is 1. The van der Waals surface area contributed by atoms with E-state index in [9.17, 15) is 9.18 Å². The Hall–Kier alpha value is -2.46. The highest BCUT2D eigenvalue weighted by Gasteiger charge is 2.25. The van der Waals surface area contributed by atoms with Crippen LogP contribution in [0.2, 0.25) is 5.15 Å². The second-order valence-electron chi connectivity index (χ2n) is 5.85. The fourth-order valence-electron chi connectivity index (χ4n) is 3.16. The van der Waals surface area contributed by atoms with Gasteiger partial charge in [0.25, 0.3) is 5.91 Å². The predicted octanol–water partition coefficient (Wildman–Crippen LogP) is 4.62. The van der Waals surface area contributed by atoms with E-state index in [0.29, 0.717) is 23.0 Å². The van der Waals surface area contributed by atoms with Gasteiger partial charge in [-0.1, -0.05) is 29.8 Å². The smallest absolute Gasteiger partial charge is 0.261 e. The minimum absolute atomic E-state index is 0.0983. The maximum atomic E-state index is 13.3. The molecule has 3 aromatic rings. The number of hydrogen-bond donors (Lipinski definition) is 0. The second-order valence-corrected chi connectivity index (χ2v) is 6.21. The zero-order valence-electron chi connectivity index (χ0n) is 12.8. The number of nitrogens with zero attached hydrogens (tertiary/aromatic N) is 2. The van der Waals surface area contributed by atoms with Crippen molar-refractivity contribution in [1.82, 2.24) is 4.98 Å². The number of fused-ring (bicyclic) bond motifs is 2. The number of carbonyl (C=O) groups is 1. The SMILES string of the molecule is O=C(c1cc2ccc(F)cc2nc1Cl)N1CCCc2ccccc21. The lowest BCUT2D eigenvalue weighted by Gasteiger charge is -2.29. The van der Waals surface area contributed by atoms with Crippen LogP contribution in [0.3, 0.4) is 0 Å². The minimum atomic E-state index is -0.380. The fourth-order valence-corrected chi connectivity index (χ4v) is 3.38. The van der Waals surface area contributed by atoms with E-state index >= 15 is 0 Å². The van der Waals surface area contributed by atoms with Crippen molar-refractivity contribution >= 4 is 34.1 Å². The van der Waals surface area contributed by atoms with Gasteiger partial charge in [-0.15, -0.1) is 0 Å². The largest absolute Gasteiger partial charge is 0.308 e. The molecule has 5 heteroatoms. The molecule has 2 aromatic carbocycles. The van der Waals surface area contributed by atoms with Crippen LogP contribution >= 0.6 is 11.6 Å². The van der Waals surface area contributed by atoms with Crippen LogP contribution in [0.25, 0.3) is 10.9 Å². The number of carbonyl (C=O) groups excluding carboxylic acids is 1. The maximum Gasteiger partial charge on any atom is 0.261 e. The lowest BCUT2D eigenvalue weighted by molar-refractivity contribution is 0.0985. The molecule has 3 nitrogen and oxygen atoms in total. The summed E-state index contributed by atoms with van der Waals surface area (Å²) in [6.45, 7) is 0.646. The van der Waals surface area contributed by atoms with Gasteiger partial charge in [0.15, 0.2) is 0 Å². The zero-order valence-corrected chi connectivity index (χ0v) is 13.6. The van der Waals surface area contributed by atoms with Crippen LogP contribution in [0.5, 0.6) is 0 Å². The molecule has 0 spiro atoms. The van der Waals surface area contributed by atoms with E-state index in [-0.39, 0.29) is 16.9 Å². The molecular formula is C19H14ClFN2O. The van der Waals surface area contributed by atoms with Crippen molar-refractivity contribution in [3.63, 3.8) is 0 Å². The quantitative estimate of drug-likeness (QED) is 0.605. The van der Waals surface area contributed by atoms with Gasteiger partial charge in [0.1, 0.15) is 11.0 Å². The van der Waals surface area contributed by atoms with Gasteiger partial charge in [-0.25, -0.2) is 9.37 Å². The summed E-state index contributed by atoms with van der Waals surface area (Å²) in [6, 6.07) is 13.8. The molecule has 120 valence electrons. The highest BCUT2D eigenvalue weighted by molar-refractivity contribution is 6.34. The summed E-state index contributed by atoms with van der Waals surface area (Å²) in [7, 11) is 0. The first kappa shape index (κ1) is 15.1. The van der Waals surface area contributed by atoms with E-state index < -0.39 is 0 Å². The summed E-state index contributed by atoms with van der Waals surface area (Å²) in [5, 5.41) is 0.788. The Morgan fingerprint density at radius 3 is 2.88 bits per heavy atom. The first-order valence-electron chi connectivity index (χ1n) is 7.79. The van der Waals surface area contributed by atoms with Crippen molar-refractivity contribution in [2.24, 2.45) is 0 Å². The third kappa shape index (κ3) is 2.53. The number of hydrogen-bond acceptors (Lipinski definition) is 2. The highest BCUT2D eigenvalue weighted by atomic mass is 35.5. The van der Waals surface area contributed by atoms with Gasteiger partial charge in [0, 0.05) is 23.7 Å². The van der Waals surface area contributed by atoms with Crippen LogP contribution in [-0.4, -0.2) is 17.4 Å². The number of para-hydroxylation sites is 1. The summed E-state index contributed by atoms with van der Waals surface area (Å²) in [6.07, 6.45) is 1.87. The topological polar surface area (TPSA) is 33.2 Å². The van der Waals surface area contributed by atoms with Crippen molar-refractivity contribution in [1.29, 1.82) is 0 Å². The van der Waals surface area contributed by atoms with Crippen molar-refractivity contribution in [2.45, 2.75) is 12.8 Å². The molecule has 0 bridgehead atoms. The average molecular weight is 341 g/mol. The first-order valence-corrected chi connectivity index (χ1v) is 8.17. The van der Waals surface area contributed by atoms with Gasteiger partial charge in [-0.3, -0.25) is 4.79 Å². The molecule has 4 rings (SSSR count). The molecule has 0 unspecified atom stereocenters. The third-order valence-corrected chi connectivity index (χ3v) is 4.61. The Morgan fingerprint density at radius 1 is 1.17 bits per heavy atom. The van der Waals surface area contributed by atoms with Gasteiger partial charge in [0.05, 0.1) is 11.1 Å². The maximum absolute atomic E-state index is 13.3. The number of anilines is 1. The first-order chi connectivity index (χ1) is 11.6. The number of benzene rings is 2. The monoisotopic (exact) mass is 340 g/mol. The highest BCUT2D eigenvalue weighted by Crippen LogP contribution is 2.30. The standard InChI is InChI=1S/C19H14ClFN2O/c20-18-15(10-13-7-8-14(21)11-16(13)22-18)19(24)23-9-3-5-12-4-1-2-6-17(12)23/h1-2,4,6-8,10-11H,3,5,9H2. The van der Waals surface area contributed by atoms with Crippen molar-refractivity contribution < 1.29 is 9.18 Å². The van der Waals surface area contributed by atoms with Gasteiger partial charge in [0.2, 0.25) is 0 Å². The normalized spacial score (nSPS) is 13.8.